The Balaban J connectivity index is 1.55. The van der Waals surface area contributed by atoms with Gasteiger partial charge in [0.1, 0.15) is 0 Å². The Labute approximate surface area is 155 Å². The van der Waals surface area contributed by atoms with Gasteiger partial charge in [0.15, 0.2) is 0 Å². The second kappa shape index (κ2) is 8.21. The van der Waals surface area contributed by atoms with Crippen LogP contribution in [0.25, 0.3) is 0 Å². The second-order valence-electron chi connectivity index (χ2n) is 7.06. The molecule has 1 aliphatic heterocycles. The van der Waals surface area contributed by atoms with Gasteiger partial charge in [-0.05, 0) is 37.5 Å². The number of H-pyrrole nitrogens is 1. The van der Waals surface area contributed by atoms with Crippen LogP contribution < -0.4 is 0 Å². The Morgan fingerprint density at radius 1 is 0.923 bits per heavy atom. The van der Waals surface area contributed by atoms with Crippen molar-refractivity contribution in [3.63, 3.8) is 0 Å². The predicted molar refractivity (Wildman–Crippen MR) is 102 cm³/mol. The maximum atomic E-state index is 12.7. The molecule has 26 heavy (non-hydrogen) atoms. The van der Waals surface area contributed by atoms with Gasteiger partial charge in [0.2, 0.25) is 11.8 Å². The van der Waals surface area contributed by atoms with Gasteiger partial charge in [-0.3, -0.25) is 9.59 Å². The van der Waals surface area contributed by atoms with Crippen molar-refractivity contribution in [2.75, 3.05) is 26.2 Å². The number of rotatable bonds is 4. The van der Waals surface area contributed by atoms with Crippen LogP contribution in [0.4, 0.5) is 0 Å². The zero-order chi connectivity index (χ0) is 18.5. The fourth-order valence-electron chi connectivity index (χ4n) is 3.54. The molecule has 138 valence electrons. The van der Waals surface area contributed by atoms with E-state index in [1.54, 1.807) is 0 Å². The van der Waals surface area contributed by atoms with E-state index in [2.05, 4.69) is 4.98 Å². The van der Waals surface area contributed by atoms with Crippen LogP contribution in [0.2, 0.25) is 0 Å². The monoisotopic (exact) mass is 353 g/mol. The molecule has 0 atom stereocenters. The Morgan fingerprint density at radius 3 is 2.12 bits per heavy atom. The third-order valence-electron chi connectivity index (χ3n) is 5.00. The van der Waals surface area contributed by atoms with Crippen LogP contribution >= 0.6 is 0 Å². The van der Waals surface area contributed by atoms with Crippen LogP contribution in [0, 0.1) is 13.8 Å². The number of amides is 2. The van der Waals surface area contributed by atoms with Gasteiger partial charge in [-0.15, -0.1) is 0 Å². The van der Waals surface area contributed by atoms with Crippen molar-refractivity contribution >= 4 is 11.8 Å². The average molecular weight is 353 g/mol. The van der Waals surface area contributed by atoms with Crippen LogP contribution in [-0.4, -0.2) is 52.8 Å². The molecule has 1 N–H and O–H groups in total. The van der Waals surface area contributed by atoms with Crippen LogP contribution in [0.5, 0.6) is 0 Å². The third-order valence-corrected chi connectivity index (χ3v) is 5.00. The molecule has 0 radical (unpaired) electrons. The topological polar surface area (TPSA) is 56.4 Å². The quantitative estimate of drug-likeness (QED) is 0.918. The predicted octanol–water partition coefficient (Wildman–Crippen LogP) is 2.48. The molecule has 1 saturated heterocycles. The minimum Gasteiger partial charge on any atom is -0.362 e. The van der Waals surface area contributed by atoms with E-state index in [1.807, 2.05) is 60.0 Å². The maximum Gasteiger partial charge on any atom is 0.227 e. The highest BCUT2D eigenvalue weighted by Gasteiger charge is 2.22. The van der Waals surface area contributed by atoms with E-state index in [9.17, 15) is 9.59 Å². The summed E-state index contributed by atoms with van der Waals surface area (Å²) < 4.78 is 0. The molecule has 0 unspecified atom stereocenters. The van der Waals surface area contributed by atoms with E-state index in [0.29, 0.717) is 25.9 Å². The van der Waals surface area contributed by atoms with E-state index in [-0.39, 0.29) is 11.8 Å². The molecule has 0 aliphatic carbocycles. The Hall–Kier alpha value is -2.56. The number of hydrogen-bond donors (Lipinski definition) is 1. The van der Waals surface area contributed by atoms with Gasteiger partial charge < -0.3 is 14.8 Å². The van der Waals surface area contributed by atoms with Crippen molar-refractivity contribution in [2.45, 2.75) is 33.1 Å². The number of aromatic nitrogens is 1. The van der Waals surface area contributed by atoms with Gasteiger partial charge in [-0.2, -0.15) is 0 Å². The van der Waals surface area contributed by atoms with E-state index >= 15 is 0 Å². The summed E-state index contributed by atoms with van der Waals surface area (Å²) in [5.41, 5.74) is 4.24. The highest BCUT2D eigenvalue weighted by molar-refractivity contribution is 5.80. The summed E-state index contributed by atoms with van der Waals surface area (Å²) >= 11 is 0. The largest absolute Gasteiger partial charge is 0.362 e. The van der Waals surface area contributed by atoms with Crippen LogP contribution in [0.1, 0.15) is 28.9 Å². The molecule has 1 aromatic carbocycles. The lowest BCUT2D eigenvalue weighted by molar-refractivity contribution is -0.132. The molecule has 0 bridgehead atoms. The van der Waals surface area contributed by atoms with Gasteiger partial charge in [0.05, 0.1) is 12.8 Å². The molecular formula is C21H27N3O2. The second-order valence-corrected chi connectivity index (χ2v) is 7.06. The Bertz CT molecular complexity index is 767. The normalized spacial score (nSPS) is 15.0. The molecule has 5 nitrogen and oxygen atoms in total. The number of carbonyl (C=O) groups excluding carboxylic acids is 2. The molecule has 2 heterocycles. The Morgan fingerprint density at radius 2 is 1.54 bits per heavy atom. The lowest BCUT2D eigenvalue weighted by Gasteiger charge is -2.22. The van der Waals surface area contributed by atoms with Crippen LogP contribution in [0.15, 0.2) is 36.4 Å². The summed E-state index contributed by atoms with van der Waals surface area (Å²) in [6.45, 7) is 6.67. The molecule has 3 rings (SSSR count). The summed E-state index contributed by atoms with van der Waals surface area (Å²) in [5, 5.41) is 0. The zero-order valence-corrected chi connectivity index (χ0v) is 15.6. The Kier molecular flexibility index (Phi) is 5.76. The highest BCUT2D eigenvalue weighted by Crippen LogP contribution is 2.13. The molecule has 1 aliphatic rings. The van der Waals surface area contributed by atoms with Crippen molar-refractivity contribution in [1.82, 2.24) is 14.8 Å². The first-order valence-corrected chi connectivity index (χ1v) is 9.27. The van der Waals surface area contributed by atoms with E-state index in [0.717, 1.165) is 42.0 Å². The number of hydrogen-bond acceptors (Lipinski definition) is 2. The fraction of sp³-hybridized carbons (Fsp3) is 0.429. The SMILES string of the molecule is Cc1cc(CC(=O)N2CCCN(C(=O)Cc3ccccc3)CC2)c(C)[nH]1. The molecule has 5 heteroatoms. The number of aromatic amines is 1. The molecule has 1 fully saturated rings. The smallest absolute Gasteiger partial charge is 0.227 e. The third kappa shape index (κ3) is 4.54. The minimum absolute atomic E-state index is 0.141. The number of carbonyl (C=O) groups is 2. The highest BCUT2D eigenvalue weighted by atomic mass is 16.2. The lowest BCUT2D eigenvalue weighted by atomic mass is 10.1. The molecule has 1 aromatic heterocycles. The van der Waals surface area contributed by atoms with E-state index in [4.69, 9.17) is 0 Å². The average Bonchev–Trinajstić information content (AvgIpc) is 2.82. The van der Waals surface area contributed by atoms with Gasteiger partial charge in [-0.1, -0.05) is 30.3 Å². The number of benzene rings is 1. The molecule has 2 aromatic rings. The first kappa shape index (κ1) is 18.2. The molecule has 0 spiro atoms. The summed E-state index contributed by atoms with van der Waals surface area (Å²) in [6, 6.07) is 11.9. The van der Waals surface area contributed by atoms with Crippen molar-refractivity contribution < 1.29 is 9.59 Å². The van der Waals surface area contributed by atoms with Crippen molar-refractivity contribution in [3.05, 3.63) is 58.9 Å². The number of nitrogens with zero attached hydrogens (tertiary/aromatic N) is 2. The summed E-state index contributed by atoms with van der Waals surface area (Å²) in [5.74, 6) is 0.284. The van der Waals surface area contributed by atoms with E-state index < -0.39 is 0 Å². The fourth-order valence-corrected chi connectivity index (χ4v) is 3.54. The summed E-state index contributed by atoms with van der Waals surface area (Å²) in [7, 11) is 0. The van der Waals surface area contributed by atoms with Gasteiger partial charge in [0.25, 0.3) is 0 Å². The van der Waals surface area contributed by atoms with Gasteiger partial charge in [-0.25, -0.2) is 0 Å². The van der Waals surface area contributed by atoms with Gasteiger partial charge in [0, 0.05) is 37.6 Å². The zero-order valence-electron chi connectivity index (χ0n) is 15.6. The number of aryl methyl sites for hydroxylation is 2. The van der Waals surface area contributed by atoms with Crippen molar-refractivity contribution in [3.8, 4) is 0 Å². The van der Waals surface area contributed by atoms with Crippen molar-refractivity contribution in [2.24, 2.45) is 0 Å². The summed E-state index contributed by atoms with van der Waals surface area (Å²) in [6.07, 6.45) is 1.68. The maximum absolute atomic E-state index is 12.7. The lowest BCUT2D eigenvalue weighted by Crippen LogP contribution is -2.38. The number of nitrogens with one attached hydrogen (secondary N) is 1. The van der Waals surface area contributed by atoms with Crippen molar-refractivity contribution in [1.29, 1.82) is 0 Å². The molecular weight excluding hydrogens is 326 g/mol. The first-order valence-electron chi connectivity index (χ1n) is 9.27. The van der Waals surface area contributed by atoms with Crippen LogP contribution in [-0.2, 0) is 22.4 Å². The minimum atomic E-state index is 0.141. The molecule has 0 saturated carbocycles. The standard InChI is InChI=1S/C21H27N3O2/c1-16-13-19(17(2)22-16)15-21(26)24-10-6-9-23(11-12-24)20(25)14-18-7-4-3-5-8-18/h3-5,7-8,13,22H,6,9-12,14-15H2,1-2H3. The van der Waals surface area contributed by atoms with Gasteiger partial charge >= 0.3 is 0 Å². The first-order chi connectivity index (χ1) is 12.5. The summed E-state index contributed by atoms with van der Waals surface area (Å²) in [4.78, 5) is 32.3. The van der Waals surface area contributed by atoms with Crippen LogP contribution in [0.3, 0.4) is 0 Å². The van der Waals surface area contributed by atoms with E-state index in [1.165, 1.54) is 0 Å². The molecule has 2 amide bonds.